The van der Waals surface area contributed by atoms with Gasteiger partial charge in [0, 0.05) is 18.9 Å². The van der Waals surface area contributed by atoms with Crippen LogP contribution in [0.15, 0.2) is 23.1 Å². The average Bonchev–Trinajstić information content (AvgIpc) is 2.90. The number of nitrogens with one attached hydrogen (secondary N) is 1. The van der Waals surface area contributed by atoms with Crippen molar-refractivity contribution < 1.29 is 4.52 Å². The van der Waals surface area contributed by atoms with Crippen LogP contribution in [0.4, 0.5) is 0 Å². The lowest BCUT2D eigenvalue weighted by molar-refractivity contribution is 0.322. The topological polar surface area (TPSA) is 76.7 Å². The number of rotatable bonds is 2. The minimum Gasteiger partial charge on any atom is -0.339 e. The van der Waals surface area contributed by atoms with Crippen LogP contribution in [0.1, 0.15) is 24.7 Å². The monoisotopic (exact) mass is 303 g/mol. The van der Waals surface area contributed by atoms with Gasteiger partial charge in [0.25, 0.3) is 0 Å². The van der Waals surface area contributed by atoms with E-state index in [-0.39, 0.29) is 24.8 Å². The summed E-state index contributed by atoms with van der Waals surface area (Å²) in [6.45, 7) is 1.98. The van der Waals surface area contributed by atoms with Gasteiger partial charge in [-0.3, -0.25) is 4.98 Å². The van der Waals surface area contributed by atoms with E-state index in [2.05, 4.69) is 25.4 Å². The van der Waals surface area contributed by atoms with Crippen molar-refractivity contribution in [1.82, 2.24) is 25.4 Å². The Morgan fingerprint density at radius 1 is 1.26 bits per heavy atom. The van der Waals surface area contributed by atoms with Gasteiger partial charge in [-0.05, 0) is 19.4 Å². The lowest BCUT2D eigenvalue weighted by Crippen LogP contribution is -2.28. The summed E-state index contributed by atoms with van der Waals surface area (Å²) in [7, 11) is 0. The van der Waals surface area contributed by atoms with E-state index in [0.29, 0.717) is 23.3 Å². The normalized spacial score (nSPS) is 18.2. The molecular formula is C11H15Cl2N5O. The van der Waals surface area contributed by atoms with Gasteiger partial charge in [0.15, 0.2) is 0 Å². The summed E-state index contributed by atoms with van der Waals surface area (Å²) in [5, 5.41) is 7.27. The van der Waals surface area contributed by atoms with E-state index >= 15 is 0 Å². The molecule has 0 unspecified atom stereocenters. The molecule has 2 aromatic heterocycles. The molecule has 19 heavy (non-hydrogen) atoms. The summed E-state index contributed by atoms with van der Waals surface area (Å²) in [5.41, 5.74) is 0.645. The first-order chi connectivity index (χ1) is 8.43. The average molecular weight is 304 g/mol. The highest BCUT2D eigenvalue weighted by molar-refractivity contribution is 5.85. The smallest absolute Gasteiger partial charge is 0.231 e. The molecule has 1 N–H and O–H groups in total. The fraction of sp³-hybridized carbons (Fsp3) is 0.455. The van der Waals surface area contributed by atoms with Gasteiger partial charge in [0.1, 0.15) is 5.69 Å². The van der Waals surface area contributed by atoms with E-state index in [4.69, 9.17) is 4.52 Å². The largest absolute Gasteiger partial charge is 0.339 e. The molecular weight excluding hydrogens is 289 g/mol. The number of piperidine rings is 1. The molecule has 1 aliphatic heterocycles. The molecule has 104 valence electrons. The van der Waals surface area contributed by atoms with Crippen LogP contribution in [0.2, 0.25) is 0 Å². The van der Waals surface area contributed by atoms with Crippen molar-refractivity contribution in [3.63, 3.8) is 0 Å². The van der Waals surface area contributed by atoms with Gasteiger partial charge in [-0.1, -0.05) is 5.16 Å². The van der Waals surface area contributed by atoms with Crippen LogP contribution in [0.25, 0.3) is 11.5 Å². The van der Waals surface area contributed by atoms with Crippen LogP contribution in [-0.2, 0) is 0 Å². The molecule has 6 nitrogen and oxygen atoms in total. The second-order valence-electron chi connectivity index (χ2n) is 4.09. The van der Waals surface area contributed by atoms with Crippen molar-refractivity contribution in [2.24, 2.45) is 0 Å². The van der Waals surface area contributed by atoms with Crippen molar-refractivity contribution in [3.05, 3.63) is 24.5 Å². The Kier molecular flexibility index (Phi) is 6.14. The van der Waals surface area contributed by atoms with Gasteiger partial charge in [0.05, 0.1) is 12.1 Å². The number of hydrogen-bond donors (Lipinski definition) is 1. The highest BCUT2D eigenvalue weighted by Gasteiger charge is 2.21. The van der Waals surface area contributed by atoms with Crippen LogP contribution in [0.3, 0.4) is 0 Å². The maximum atomic E-state index is 5.29. The Morgan fingerprint density at radius 3 is 2.84 bits per heavy atom. The van der Waals surface area contributed by atoms with Crippen LogP contribution >= 0.6 is 24.8 Å². The van der Waals surface area contributed by atoms with Gasteiger partial charge in [-0.15, -0.1) is 24.8 Å². The molecule has 8 heteroatoms. The van der Waals surface area contributed by atoms with Crippen molar-refractivity contribution >= 4 is 24.8 Å². The summed E-state index contributed by atoms with van der Waals surface area (Å²) >= 11 is 0. The number of aromatic nitrogens is 4. The molecule has 0 bridgehead atoms. The van der Waals surface area contributed by atoms with Crippen molar-refractivity contribution in [1.29, 1.82) is 0 Å². The molecule has 0 saturated carbocycles. The minimum atomic E-state index is 0. The van der Waals surface area contributed by atoms with Gasteiger partial charge in [-0.2, -0.15) is 4.98 Å². The Balaban J connectivity index is 0.000000902. The fourth-order valence-electron chi connectivity index (χ4n) is 1.98. The highest BCUT2D eigenvalue weighted by Crippen LogP contribution is 2.23. The standard InChI is InChI=1S/C11H13N5O.2ClH/c1-2-8(6-12-3-1)11-15-10(16-17-11)9-7-13-4-5-14-9;;/h4-5,7-8,12H,1-3,6H2;2*1H/t8-;;/m0../s1. The molecule has 1 atom stereocenters. The number of nitrogens with zero attached hydrogens (tertiary/aromatic N) is 4. The molecule has 1 aliphatic rings. The molecule has 2 aromatic rings. The third kappa shape index (κ3) is 3.62. The van der Waals surface area contributed by atoms with Crippen LogP contribution in [0.5, 0.6) is 0 Å². The van der Waals surface area contributed by atoms with Crippen molar-refractivity contribution in [2.75, 3.05) is 13.1 Å². The van der Waals surface area contributed by atoms with Crippen LogP contribution in [-0.4, -0.2) is 33.2 Å². The predicted octanol–water partition coefficient (Wildman–Crippen LogP) is 1.84. The summed E-state index contributed by atoms with van der Waals surface area (Å²) in [6.07, 6.45) is 7.11. The Hall–Kier alpha value is -1.24. The van der Waals surface area contributed by atoms with Gasteiger partial charge in [-0.25, -0.2) is 4.98 Å². The lowest BCUT2D eigenvalue weighted by Gasteiger charge is -2.18. The van der Waals surface area contributed by atoms with Crippen molar-refractivity contribution in [3.8, 4) is 11.5 Å². The van der Waals surface area contributed by atoms with Gasteiger partial charge < -0.3 is 9.84 Å². The lowest BCUT2D eigenvalue weighted by atomic mass is 10.00. The van der Waals surface area contributed by atoms with E-state index in [9.17, 15) is 0 Å². The quantitative estimate of drug-likeness (QED) is 0.912. The molecule has 1 saturated heterocycles. The second kappa shape index (κ2) is 7.37. The van der Waals surface area contributed by atoms with E-state index in [1.807, 2.05) is 0 Å². The molecule has 0 radical (unpaired) electrons. The maximum Gasteiger partial charge on any atom is 0.231 e. The number of halogens is 2. The van der Waals surface area contributed by atoms with E-state index in [0.717, 1.165) is 25.9 Å². The van der Waals surface area contributed by atoms with Crippen molar-refractivity contribution in [2.45, 2.75) is 18.8 Å². The van der Waals surface area contributed by atoms with E-state index < -0.39 is 0 Å². The first-order valence-electron chi connectivity index (χ1n) is 5.74. The zero-order valence-electron chi connectivity index (χ0n) is 10.2. The molecule has 0 aliphatic carbocycles. The molecule has 1 fully saturated rings. The SMILES string of the molecule is Cl.Cl.c1cnc(-c2noc([C@H]3CCCNC3)n2)cn1. The summed E-state index contributed by atoms with van der Waals surface area (Å²) in [5.74, 6) is 1.53. The summed E-state index contributed by atoms with van der Waals surface area (Å²) in [6, 6.07) is 0. The van der Waals surface area contributed by atoms with Crippen LogP contribution in [0, 0.1) is 0 Å². The second-order valence-corrected chi connectivity index (χ2v) is 4.09. The fourth-order valence-corrected chi connectivity index (χ4v) is 1.98. The molecule has 3 heterocycles. The van der Waals surface area contributed by atoms with Crippen LogP contribution < -0.4 is 5.32 Å². The Morgan fingerprint density at radius 2 is 2.16 bits per heavy atom. The Labute approximate surface area is 123 Å². The van der Waals surface area contributed by atoms with Gasteiger partial charge in [0.2, 0.25) is 11.7 Å². The molecule has 0 aromatic carbocycles. The summed E-state index contributed by atoms with van der Waals surface area (Å²) < 4.78 is 5.29. The predicted molar refractivity (Wildman–Crippen MR) is 74.7 cm³/mol. The third-order valence-electron chi connectivity index (χ3n) is 2.88. The van der Waals surface area contributed by atoms with E-state index in [1.54, 1.807) is 18.6 Å². The highest BCUT2D eigenvalue weighted by atomic mass is 35.5. The summed E-state index contributed by atoms with van der Waals surface area (Å²) in [4.78, 5) is 12.5. The number of hydrogen-bond acceptors (Lipinski definition) is 6. The van der Waals surface area contributed by atoms with Gasteiger partial charge >= 0.3 is 0 Å². The molecule has 0 amide bonds. The first-order valence-corrected chi connectivity index (χ1v) is 5.74. The minimum absolute atomic E-state index is 0. The Bertz CT molecular complexity index is 487. The van der Waals surface area contributed by atoms with E-state index in [1.165, 1.54) is 0 Å². The first kappa shape index (κ1) is 15.8. The zero-order valence-corrected chi connectivity index (χ0v) is 11.8. The third-order valence-corrected chi connectivity index (χ3v) is 2.88. The maximum absolute atomic E-state index is 5.29. The molecule has 0 spiro atoms. The zero-order chi connectivity index (χ0) is 11.5. The molecule has 3 rings (SSSR count).